The number of amides is 2. The van der Waals surface area contributed by atoms with Gasteiger partial charge in [-0.2, -0.15) is 0 Å². The minimum atomic E-state index is -0.473. The van der Waals surface area contributed by atoms with E-state index >= 15 is 0 Å². The van der Waals surface area contributed by atoms with E-state index in [1.165, 1.54) is 0 Å². The SMILES string of the molecule is CCC(CC)C(=O)N(N)C(=O)c1ccc(Br)cc1. The fraction of sp³-hybridized carbons (Fsp3) is 0.385. The van der Waals surface area contributed by atoms with E-state index in [0.717, 1.165) is 9.48 Å². The van der Waals surface area contributed by atoms with Gasteiger partial charge in [-0.3, -0.25) is 9.59 Å². The topological polar surface area (TPSA) is 63.4 Å². The summed E-state index contributed by atoms with van der Waals surface area (Å²) >= 11 is 3.28. The Kier molecular flexibility index (Phi) is 5.50. The molecule has 0 bridgehead atoms. The minimum Gasteiger partial charge on any atom is -0.273 e. The maximum atomic E-state index is 12.0. The second-order valence-electron chi connectivity index (χ2n) is 4.03. The van der Waals surface area contributed by atoms with Crippen LogP contribution in [-0.2, 0) is 4.79 Å². The average molecular weight is 313 g/mol. The number of imide groups is 1. The molecule has 1 rings (SSSR count). The van der Waals surface area contributed by atoms with Crippen LogP contribution in [0.3, 0.4) is 0 Å². The maximum absolute atomic E-state index is 12.0. The van der Waals surface area contributed by atoms with E-state index in [9.17, 15) is 9.59 Å². The fourth-order valence-electron chi connectivity index (χ4n) is 1.67. The van der Waals surface area contributed by atoms with Gasteiger partial charge in [-0.05, 0) is 37.1 Å². The summed E-state index contributed by atoms with van der Waals surface area (Å²) in [4.78, 5) is 24.0. The zero-order chi connectivity index (χ0) is 13.7. The molecule has 98 valence electrons. The van der Waals surface area contributed by atoms with Crippen molar-refractivity contribution in [3.05, 3.63) is 34.3 Å². The van der Waals surface area contributed by atoms with Crippen LogP contribution in [0.25, 0.3) is 0 Å². The van der Waals surface area contributed by atoms with Crippen molar-refractivity contribution in [2.75, 3.05) is 0 Å². The summed E-state index contributed by atoms with van der Waals surface area (Å²) in [5.41, 5.74) is 0.403. The molecular weight excluding hydrogens is 296 g/mol. The third-order valence-corrected chi connectivity index (χ3v) is 3.41. The molecule has 0 unspecified atom stereocenters. The summed E-state index contributed by atoms with van der Waals surface area (Å²) in [5.74, 6) is 4.61. The molecule has 0 atom stereocenters. The maximum Gasteiger partial charge on any atom is 0.274 e. The van der Waals surface area contributed by atoms with Gasteiger partial charge < -0.3 is 0 Å². The number of nitrogens with zero attached hydrogens (tertiary/aromatic N) is 1. The first-order valence-corrected chi connectivity index (χ1v) is 6.69. The highest BCUT2D eigenvalue weighted by Gasteiger charge is 2.24. The molecule has 0 aliphatic heterocycles. The second kappa shape index (κ2) is 6.66. The Balaban J connectivity index is 2.83. The van der Waals surface area contributed by atoms with Crippen LogP contribution >= 0.6 is 15.9 Å². The second-order valence-corrected chi connectivity index (χ2v) is 4.95. The number of hydrogen-bond donors (Lipinski definition) is 1. The standard InChI is InChI=1S/C13H17BrN2O2/c1-3-9(4-2)12(17)16(15)13(18)10-5-7-11(14)8-6-10/h5-9H,3-4,15H2,1-2H3. The zero-order valence-corrected chi connectivity index (χ0v) is 12.1. The lowest BCUT2D eigenvalue weighted by atomic mass is 10.0. The Hall–Kier alpha value is -1.20. The van der Waals surface area contributed by atoms with Gasteiger partial charge in [-0.15, -0.1) is 0 Å². The van der Waals surface area contributed by atoms with Crippen LogP contribution in [0.2, 0.25) is 0 Å². The Morgan fingerprint density at radius 2 is 1.72 bits per heavy atom. The van der Waals surface area contributed by atoms with E-state index in [1.54, 1.807) is 24.3 Å². The van der Waals surface area contributed by atoms with Crippen LogP contribution < -0.4 is 5.84 Å². The summed E-state index contributed by atoms with van der Waals surface area (Å²) < 4.78 is 0.869. The lowest BCUT2D eigenvalue weighted by molar-refractivity contribution is -0.133. The molecule has 0 aromatic heterocycles. The van der Waals surface area contributed by atoms with Crippen molar-refractivity contribution in [1.82, 2.24) is 5.01 Å². The van der Waals surface area contributed by atoms with E-state index in [4.69, 9.17) is 5.84 Å². The molecule has 18 heavy (non-hydrogen) atoms. The first-order valence-electron chi connectivity index (χ1n) is 5.89. The van der Waals surface area contributed by atoms with Gasteiger partial charge in [-0.25, -0.2) is 10.9 Å². The lowest BCUT2D eigenvalue weighted by Crippen LogP contribution is -2.45. The molecule has 0 aliphatic carbocycles. The van der Waals surface area contributed by atoms with E-state index in [2.05, 4.69) is 15.9 Å². The number of halogens is 1. The quantitative estimate of drug-likeness (QED) is 0.528. The zero-order valence-electron chi connectivity index (χ0n) is 10.5. The molecule has 0 spiro atoms. The van der Waals surface area contributed by atoms with Crippen molar-refractivity contribution in [2.45, 2.75) is 26.7 Å². The van der Waals surface area contributed by atoms with Gasteiger partial charge in [0.15, 0.2) is 0 Å². The number of hydrogen-bond acceptors (Lipinski definition) is 3. The van der Waals surface area contributed by atoms with Crippen LogP contribution in [-0.4, -0.2) is 16.8 Å². The number of carbonyl (C=O) groups is 2. The van der Waals surface area contributed by atoms with Crippen LogP contribution in [0.5, 0.6) is 0 Å². The van der Waals surface area contributed by atoms with Crippen molar-refractivity contribution < 1.29 is 9.59 Å². The molecule has 2 N–H and O–H groups in total. The highest BCUT2D eigenvalue weighted by molar-refractivity contribution is 9.10. The smallest absolute Gasteiger partial charge is 0.273 e. The van der Waals surface area contributed by atoms with Gasteiger partial charge >= 0.3 is 0 Å². The molecule has 5 heteroatoms. The first kappa shape index (κ1) is 14.9. The number of hydrazine groups is 1. The van der Waals surface area contributed by atoms with Crippen molar-refractivity contribution in [3.63, 3.8) is 0 Å². The monoisotopic (exact) mass is 312 g/mol. The van der Waals surface area contributed by atoms with Crippen molar-refractivity contribution in [2.24, 2.45) is 11.8 Å². The fourth-order valence-corrected chi connectivity index (χ4v) is 1.93. The largest absolute Gasteiger partial charge is 0.274 e. The predicted octanol–water partition coefficient (Wildman–Crippen LogP) is 2.73. The average Bonchev–Trinajstić information content (AvgIpc) is 2.39. The van der Waals surface area contributed by atoms with Crippen LogP contribution in [0.1, 0.15) is 37.0 Å². The van der Waals surface area contributed by atoms with Crippen molar-refractivity contribution in [3.8, 4) is 0 Å². The highest BCUT2D eigenvalue weighted by atomic mass is 79.9. The molecule has 2 amide bonds. The molecule has 1 aromatic rings. The lowest BCUT2D eigenvalue weighted by Gasteiger charge is -2.19. The minimum absolute atomic E-state index is 0.200. The summed E-state index contributed by atoms with van der Waals surface area (Å²) in [7, 11) is 0. The summed E-state index contributed by atoms with van der Waals surface area (Å²) in [6.45, 7) is 3.81. The molecule has 4 nitrogen and oxygen atoms in total. The molecule has 0 aliphatic rings. The third-order valence-electron chi connectivity index (χ3n) is 2.88. The highest BCUT2D eigenvalue weighted by Crippen LogP contribution is 2.14. The van der Waals surface area contributed by atoms with Gasteiger partial charge in [0.1, 0.15) is 0 Å². The van der Waals surface area contributed by atoms with Gasteiger partial charge in [0.2, 0.25) is 5.91 Å². The number of benzene rings is 1. The first-order chi connectivity index (χ1) is 8.51. The molecule has 0 radical (unpaired) electrons. The Labute approximate surface area is 115 Å². The van der Waals surface area contributed by atoms with Gasteiger partial charge in [0.05, 0.1) is 0 Å². The van der Waals surface area contributed by atoms with E-state index in [1.807, 2.05) is 13.8 Å². The molecule has 1 aromatic carbocycles. The number of nitrogens with two attached hydrogens (primary N) is 1. The Morgan fingerprint density at radius 3 is 2.17 bits per heavy atom. The molecule has 0 fully saturated rings. The summed E-state index contributed by atoms with van der Waals surface area (Å²) in [6.07, 6.45) is 1.35. The third kappa shape index (κ3) is 3.40. The molecular formula is C13H17BrN2O2. The normalized spacial score (nSPS) is 10.5. The van der Waals surface area contributed by atoms with Gasteiger partial charge in [0.25, 0.3) is 5.91 Å². The Morgan fingerprint density at radius 1 is 1.22 bits per heavy atom. The van der Waals surface area contributed by atoms with Gasteiger partial charge in [0, 0.05) is 16.0 Å². The van der Waals surface area contributed by atoms with Gasteiger partial charge in [-0.1, -0.05) is 29.8 Å². The van der Waals surface area contributed by atoms with Crippen LogP contribution in [0.4, 0.5) is 0 Å². The summed E-state index contributed by atoms with van der Waals surface area (Å²) in [6, 6.07) is 6.74. The van der Waals surface area contributed by atoms with E-state index < -0.39 is 5.91 Å². The molecule has 0 saturated carbocycles. The number of rotatable bonds is 4. The van der Waals surface area contributed by atoms with Crippen LogP contribution in [0, 0.1) is 5.92 Å². The molecule has 0 heterocycles. The van der Waals surface area contributed by atoms with Crippen molar-refractivity contribution in [1.29, 1.82) is 0 Å². The van der Waals surface area contributed by atoms with Crippen molar-refractivity contribution >= 4 is 27.7 Å². The predicted molar refractivity (Wildman–Crippen MR) is 73.6 cm³/mol. The summed E-state index contributed by atoms with van der Waals surface area (Å²) in [5, 5.41) is 0.723. The van der Waals surface area contributed by atoms with E-state index in [-0.39, 0.29) is 11.8 Å². The Bertz CT molecular complexity index is 427. The van der Waals surface area contributed by atoms with Crippen LogP contribution in [0.15, 0.2) is 28.7 Å². The molecule has 0 saturated heterocycles. The van der Waals surface area contributed by atoms with E-state index in [0.29, 0.717) is 18.4 Å². The number of carbonyl (C=O) groups excluding carboxylic acids is 2.